The lowest BCUT2D eigenvalue weighted by molar-refractivity contribution is -0.147. The van der Waals surface area contributed by atoms with Crippen LogP contribution >= 0.6 is 0 Å². The molecule has 0 spiro atoms. The summed E-state index contributed by atoms with van der Waals surface area (Å²) in [5.74, 6) is -0.292. The van der Waals surface area contributed by atoms with Gasteiger partial charge in [-0.25, -0.2) is 0 Å². The van der Waals surface area contributed by atoms with Crippen LogP contribution in [0.4, 0.5) is 0 Å². The summed E-state index contributed by atoms with van der Waals surface area (Å²) < 4.78 is 21.0. The van der Waals surface area contributed by atoms with Gasteiger partial charge in [-0.2, -0.15) is 0 Å². The number of hydrogen-bond acceptors (Lipinski definition) is 5. The van der Waals surface area contributed by atoms with Crippen LogP contribution in [0.1, 0.15) is 27.2 Å². The first-order valence-corrected chi connectivity index (χ1v) is 8.49. The van der Waals surface area contributed by atoms with Crippen molar-refractivity contribution in [1.82, 2.24) is 0 Å². The van der Waals surface area contributed by atoms with E-state index in [1.54, 1.807) is 0 Å². The van der Waals surface area contributed by atoms with Crippen LogP contribution in [0, 0.1) is 0 Å². The van der Waals surface area contributed by atoms with Crippen molar-refractivity contribution in [2.75, 3.05) is 26.6 Å². The van der Waals surface area contributed by atoms with Gasteiger partial charge in [-0.1, -0.05) is 13.8 Å². The highest BCUT2D eigenvalue weighted by atomic mass is 28.3. The molecule has 0 amide bonds. The molecule has 0 radical (unpaired) electrons. The fraction of sp³-hybridized carbons (Fsp3) is 0.917. The van der Waals surface area contributed by atoms with E-state index in [4.69, 9.17) is 18.6 Å². The van der Waals surface area contributed by atoms with Crippen LogP contribution in [0.15, 0.2) is 0 Å². The number of carbonyl (C=O) groups is 1. The Morgan fingerprint density at radius 1 is 1.50 bits per heavy atom. The number of hydrogen-bond donors (Lipinski definition) is 0. The van der Waals surface area contributed by atoms with Gasteiger partial charge in [0, 0.05) is 13.5 Å². The van der Waals surface area contributed by atoms with Gasteiger partial charge in [-0.05, 0) is 18.0 Å². The number of rotatable bonds is 10. The van der Waals surface area contributed by atoms with Gasteiger partial charge in [0.05, 0.1) is 13.2 Å². The minimum absolute atomic E-state index is 0.0984. The largest absolute Gasteiger partial charge is 0.440 e. The Hall–Kier alpha value is -0.433. The zero-order valence-electron chi connectivity index (χ0n) is 11.5. The quantitative estimate of drug-likeness (QED) is 0.199. The first-order valence-electron chi connectivity index (χ1n) is 6.54. The van der Waals surface area contributed by atoms with Crippen molar-refractivity contribution in [1.29, 1.82) is 0 Å². The van der Waals surface area contributed by atoms with Crippen molar-refractivity contribution in [3.63, 3.8) is 0 Å². The molecule has 18 heavy (non-hydrogen) atoms. The number of esters is 1. The molecule has 5 nitrogen and oxygen atoms in total. The average Bonchev–Trinajstić information content (AvgIpc) is 3.09. The zero-order valence-corrected chi connectivity index (χ0v) is 12.7. The third-order valence-electron chi connectivity index (χ3n) is 2.77. The molecule has 0 aromatic rings. The summed E-state index contributed by atoms with van der Waals surface area (Å²) in [6.07, 6.45) is 1.34. The summed E-state index contributed by atoms with van der Waals surface area (Å²) in [6, 6.07) is 1.05. The van der Waals surface area contributed by atoms with Crippen molar-refractivity contribution >= 4 is 15.0 Å². The fourth-order valence-electron chi connectivity index (χ4n) is 1.58. The molecule has 1 fully saturated rings. The van der Waals surface area contributed by atoms with E-state index in [0.717, 1.165) is 25.7 Å². The Morgan fingerprint density at radius 3 is 2.78 bits per heavy atom. The van der Waals surface area contributed by atoms with E-state index in [0.29, 0.717) is 18.3 Å². The molecule has 2 atom stereocenters. The van der Waals surface area contributed by atoms with Crippen LogP contribution in [-0.4, -0.2) is 47.7 Å². The monoisotopic (exact) mass is 276 g/mol. The second kappa shape index (κ2) is 8.63. The highest BCUT2D eigenvalue weighted by Crippen LogP contribution is 2.15. The molecule has 0 bridgehead atoms. The van der Waals surface area contributed by atoms with E-state index in [9.17, 15) is 4.79 Å². The molecular formula is C12H24O5Si. The van der Waals surface area contributed by atoms with E-state index in [2.05, 4.69) is 13.8 Å². The molecule has 0 aliphatic carbocycles. The van der Waals surface area contributed by atoms with Crippen LogP contribution in [0.3, 0.4) is 0 Å². The molecule has 1 rings (SSSR count). The molecule has 1 saturated heterocycles. The maximum Gasteiger partial charge on any atom is 0.304 e. The lowest BCUT2D eigenvalue weighted by Crippen LogP contribution is -2.24. The number of ether oxygens (including phenoxy) is 3. The molecule has 1 heterocycles. The standard InChI is InChI=1S/C12H24O5Si/c1-10(2)18(17-9-16-11(3)13)6-4-5-14-7-12-8-15-12/h10,12,18H,4-9H2,1-3H3. The van der Waals surface area contributed by atoms with E-state index < -0.39 is 9.04 Å². The summed E-state index contributed by atoms with van der Waals surface area (Å²) in [5, 5.41) is 0. The lowest BCUT2D eigenvalue weighted by atomic mass is 10.5. The maximum absolute atomic E-state index is 10.6. The minimum atomic E-state index is -1.31. The molecule has 2 unspecified atom stereocenters. The average molecular weight is 276 g/mol. The molecule has 0 saturated carbocycles. The fourth-order valence-corrected chi connectivity index (χ4v) is 3.61. The Morgan fingerprint density at radius 2 is 2.22 bits per heavy atom. The maximum atomic E-state index is 10.6. The molecule has 0 aromatic heterocycles. The first kappa shape index (κ1) is 15.6. The van der Waals surface area contributed by atoms with Crippen molar-refractivity contribution in [2.45, 2.75) is 44.9 Å². The van der Waals surface area contributed by atoms with Crippen molar-refractivity contribution in [3.8, 4) is 0 Å². The second-order valence-electron chi connectivity index (χ2n) is 4.88. The van der Waals surface area contributed by atoms with Crippen molar-refractivity contribution < 1.29 is 23.4 Å². The Balaban J connectivity index is 2.02. The third-order valence-corrected chi connectivity index (χ3v) is 5.80. The summed E-state index contributed by atoms with van der Waals surface area (Å²) in [4.78, 5) is 10.6. The van der Waals surface area contributed by atoms with Gasteiger partial charge in [0.2, 0.25) is 0 Å². The van der Waals surface area contributed by atoms with E-state index in [-0.39, 0.29) is 12.8 Å². The lowest BCUT2D eigenvalue weighted by Gasteiger charge is -2.19. The van der Waals surface area contributed by atoms with Gasteiger partial charge >= 0.3 is 5.97 Å². The van der Waals surface area contributed by atoms with Gasteiger partial charge in [0.15, 0.2) is 15.8 Å². The van der Waals surface area contributed by atoms with Crippen molar-refractivity contribution in [2.24, 2.45) is 0 Å². The van der Waals surface area contributed by atoms with Gasteiger partial charge in [0.1, 0.15) is 6.10 Å². The van der Waals surface area contributed by atoms with E-state index in [1.165, 1.54) is 6.92 Å². The molecule has 0 aromatic carbocycles. The second-order valence-corrected chi connectivity index (χ2v) is 8.20. The molecule has 106 valence electrons. The van der Waals surface area contributed by atoms with Crippen molar-refractivity contribution in [3.05, 3.63) is 0 Å². The van der Waals surface area contributed by atoms with Crippen LogP contribution in [-0.2, 0) is 23.4 Å². The molecule has 6 heteroatoms. The molecule has 1 aliphatic rings. The molecule has 0 N–H and O–H groups in total. The van der Waals surface area contributed by atoms with E-state index >= 15 is 0 Å². The van der Waals surface area contributed by atoms with Gasteiger partial charge in [-0.3, -0.25) is 4.79 Å². The van der Waals surface area contributed by atoms with Gasteiger partial charge in [-0.15, -0.1) is 0 Å². The van der Waals surface area contributed by atoms with Crippen LogP contribution < -0.4 is 0 Å². The molecular weight excluding hydrogens is 252 g/mol. The first-order chi connectivity index (χ1) is 8.59. The SMILES string of the molecule is CC(=O)OCO[SiH](CCCOCC1CO1)C(C)C. The third kappa shape index (κ3) is 7.81. The summed E-state index contributed by atoms with van der Waals surface area (Å²) >= 11 is 0. The minimum Gasteiger partial charge on any atom is -0.440 e. The Bertz CT molecular complexity index is 243. The smallest absolute Gasteiger partial charge is 0.304 e. The summed E-state index contributed by atoms with van der Waals surface area (Å²) in [7, 11) is -1.31. The predicted molar refractivity (Wildman–Crippen MR) is 69.9 cm³/mol. The highest BCUT2D eigenvalue weighted by molar-refractivity contribution is 6.53. The topological polar surface area (TPSA) is 57.3 Å². The molecule has 1 aliphatic heterocycles. The number of epoxide rings is 1. The Labute approximate surface area is 110 Å². The highest BCUT2D eigenvalue weighted by Gasteiger charge is 2.22. The van der Waals surface area contributed by atoms with Crippen LogP contribution in [0.5, 0.6) is 0 Å². The summed E-state index contributed by atoms with van der Waals surface area (Å²) in [6.45, 7) is 8.11. The predicted octanol–water partition coefficient (Wildman–Crippen LogP) is 1.46. The normalized spacial score (nSPS) is 19.9. The zero-order chi connectivity index (χ0) is 13.4. The van der Waals surface area contributed by atoms with Crippen LogP contribution in [0.25, 0.3) is 0 Å². The van der Waals surface area contributed by atoms with Gasteiger partial charge < -0.3 is 18.6 Å². The van der Waals surface area contributed by atoms with Crippen LogP contribution in [0.2, 0.25) is 11.6 Å². The Kier molecular flexibility index (Phi) is 7.49. The number of carbonyl (C=O) groups excluding carboxylic acids is 1. The summed E-state index contributed by atoms with van der Waals surface area (Å²) in [5.41, 5.74) is 0.535. The van der Waals surface area contributed by atoms with Gasteiger partial charge in [0.25, 0.3) is 0 Å². The van der Waals surface area contributed by atoms with E-state index in [1.807, 2.05) is 0 Å².